The summed E-state index contributed by atoms with van der Waals surface area (Å²) in [7, 11) is 0. The number of likely N-dealkylation sites (tertiary alicyclic amines) is 1. The van der Waals surface area contributed by atoms with E-state index in [0.29, 0.717) is 23.8 Å². The van der Waals surface area contributed by atoms with Gasteiger partial charge in [-0.15, -0.1) is 0 Å². The second kappa shape index (κ2) is 3.69. The standard InChI is InChI=1S/C7H10INO4/c8-4-7(5(10)11)2-1-3-9(7)6(12)13/h1-4H2,(H,10,11)(H,12,13). The highest BCUT2D eigenvalue weighted by Gasteiger charge is 2.49. The fraction of sp³-hybridized carbons (Fsp3) is 0.714. The normalized spacial score (nSPS) is 27.6. The van der Waals surface area contributed by atoms with Crippen LogP contribution in [0.3, 0.4) is 0 Å². The lowest BCUT2D eigenvalue weighted by Crippen LogP contribution is -2.54. The summed E-state index contributed by atoms with van der Waals surface area (Å²) in [6.45, 7) is 0.324. The van der Waals surface area contributed by atoms with Gasteiger partial charge in [-0.2, -0.15) is 0 Å². The van der Waals surface area contributed by atoms with Crippen molar-refractivity contribution in [1.82, 2.24) is 4.90 Å². The number of hydrogen-bond donors (Lipinski definition) is 2. The van der Waals surface area contributed by atoms with Crippen molar-refractivity contribution in [3.05, 3.63) is 0 Å². The van der Waals surface area contributed by atoms with Crippen LogP contribution in [0.25, 0.3) is 0 Å². The Kier molecular flexibility index (Phi) is 2.99. The van der Waals surface area contributed by atoms with E-state index in [9.17, 15) is 9.59 Å². The summed E-state index contributed by atoms with van der Waals surface area (Å²) in [5.41, 5.74) is -1.19. The fourth-order valence-corrected chi connectivity index (χ4v) is 2.70. The number of rotatable bonds is 2. The second-order valence-corrected chi connectivity index (χ2v) is 3.77. The summed E-state index contributed by atoms with van der Waals surface area (Å²) >= 11 is 1.92. The molecule has 1 saturated heterocycles. The molecule has 1 aliphatic heterocycles. The molecule has 1 amide bonds. The van der Waals surface area contributed by atoms with Crippen LogP contribution in [0, 0.1) is 0 Å². The molecule has 0 aromatic carbocycles. The van der Waals surface area contributed by atoms with Gasteiger partial charge in [-0.3, -0.25) is 4.90 Å². The van der Waals surface area contributed by atoms with Crippen LogP contribution in [-0.4, -0.2) is 43.7 Å². The summed E-state index contributed by atoms with van der Waals surface area (Å²) in [4.78, 5) is 22.7. The van der Waals surface area contributed by atoms with E-state index in [1.165, 1.54) is 0 Å². The first-order valence-corrected chi connectivity index (χ1v) is 5.37. The fourth-order valence-electron chi connectivity index (χ4n) is 1.58. The maximum atomic E-state index is 11.0. The zero-order valence-corrected chi connectivity index (χ0v) is 9.02. The minimum absolute atomic E-state index is 0.298. The molecular weight excluding hydrogens is 289 g/mol. The third-order valence-corrected chi connectivity index (χ3v) is 3.60. The van der Waals surface area contributed by atoms with Gasteiger partial charge in [-0.1, -0.05) is 22.6 Å². The summed E-state index contributed by atoms with van der Waals surface area (Å²) in [6, 6.07) is 0. The monoisotopic (exact) mass is 299 g/mol. The van der Waals surface area contributed by atoms with Gasteiger partial charge in [0.1, 0.15) is 0 Å². The van der Waals surface area contributed by atoms with E-state index in [4.69, 9.17) is 10.2 Å². The number of hydrogen-bond acceptors (Lipinski definition) is 2. The first-order valence-electron chi connectivity index (χ1n) is 3.84. The van der Waals surface area contributed by atoms with E-state index in [0.717, 1.165) is 4.90 Å². The van der Waals surface area contributed by atoms with Gasteiger partial charge in [0.05, 0.1) is 0 Å². The lowest BCUT2D eigenvalue weighted by molar-refractivity contribution is -0.147. The van der Waals surface area contributed by atoms with Crippen molar-refractivity contribution >= 4 is 34.7 Å². The number of carboxylic acids is 1. The van der Waals surface area contributed by atoms with Crippen molar-refractivity contribution in [2.75, 3.05) is 11.0 Å². The minimum Gasteiger partial charge on any atom is -0.479 e. The SMILES string of the molecule is O=C(O)N1CCCC1(CI)C(=O)O. The molecule has 6 heteroatoms. The van der Waals surface area contributed by atoms with Gasteiger partial charge in [-0.25, -0.2) is 9.59 Å². The summed E-state index contributed by atoms with van der Waals surface area (Å²) < 4.78 is 0.298. The lowest BCUT2D eigenvalue weighted by Gasteiger charge is -2.30. The van der Waals surface area contributed by atoms with Crippen molar-refractivity contribution in [3.8, 4) is 0 Å². The number of amides is 1. The van der Waals surface area contributed by atoms with Gasteiger partial charge in [0.15, 0.2) is 5.54 Å². The molecule has 1 heterocycles. The van der Waals surface area contributed by atoms with Gasteiger partial charge in [-0.05, 0) is 12.8 Å². The Hall–Kier alpha value is -0.530. The first-order chi connectivity index (χ1) is 6.04. The average Bonchev–Trinajstić information content (AvgIpc) is 2.48. The average molecular weight is 299 g/mol. The Morgan fingerprint density at radius 3 is 2.38 bits per heavy atom. The van der Waals surface area contributed by atoms with Crippen LogP contribution >= 0.6 is 22.6 Å². The molecule has 74 valence electrons. The molecule has 1 aliphatic rings. The van der Waals surface area contributed by atoms with Gasteiger partial charge in [0, 0.05) is 11.0 Å². The number of nitrogens with zero attached hydrogens (tertiary/aromatic N) is 1. The molecule has 2 N–H and O–H groups in total. The van der Waals surface area contributed by atoms with Gasteiger partial charge in [0.2, 0.25) is 0 Å². The van der Waals surface area contributed by atoms with E-state index in [-0.39, 0.29) is 0 Å². The molecule has 0 aliphatic carbocycles. The molecule has 1 unspecified atom stereocenters. The quantitative estimate of drug-likeness (QED) is 0.589. The predicted octanol–water partition coefficient (Wildman–Crippen LogP) is 1.02. The highest BCUT2D eigenvalue weighted by Crippen LogP contribution is 2.31. The molecule has 1 fully saturated rings. The molecular formula is C7H10INO4. The molecule has 13 heavy (non-hydrogen) atoms. The number of aliphatic carboxylic acids is 1. The Morgan fingerprint density at radius 1 is 1.46 bits per heavy atom. The Balaban J connectivity index is 2.96. The number of carbonyl (C=O) groups is 2. The van der Waals surface area contributed by atoms with Crippen molar-refractivity contribution < 1.29 is 19.8 Å². The number of halogens is 1. The Labute approximate surface area is 88.9 Å². The maximum Gasteiger partial charge on any atom is 0.408 e. The summed E-state index contributed by atoms with van der Waals surface area (Å²) in [6.07, 6.45) is -0.101. The van der Waals surface area contributed by atoms with Crippen LogP contribution in [0.1, 0.15) is 12.8 Å². The van der Waals surface area contributed by atoms with Crippen LogP contribution in [-0.2, 0) is 4.79 Å². The van der Waals surface area contributed by atoms with Crippen molar-refractivity contribution in [3.63, 3.8) is 0 Å². The third-order valence-electron chi connectivity index (χ3n) is 2.34. The smallest absolute Gasteiger partial charge is 0.408 e. The second-order valence-electron chi connectivity index (χ2n) is 3.01. The Bertz CT molecular complexity index is 245. The topological polar surface area (TPSA) is 77.8 Å². The molecule has 0 aromatic heterocycles. The van der Waals surface area contributed by atoms with E-state index >= 15 is 0 Å². The number of carboxylic acid groups (broad SMARTS) is 2. The molecule has 5 nitrogen and oxygen atoms in total. The van der Waals surface area contributed by atoms with Gasteiger partial charge in [0.25, 0.3) is 0 Å². The van der Waals surface area contributed by atoms with Gasteiger partial charge < -0.3 is 10.2 Å². The van der Waals surface area contributed by atoms with Crippen molar-refractivity contribution in [1.29, 1.82) is 0 Å². The predicted molar refractivity (Wildman–Crippen MR) is 53.2 cm³/mol. The van der Waals surface area contributed by atoms with Crippen LogP contribution < -0.4 is 0 Å². The molecule has 1 rings (SSSR count). The molecule has 0 spiro atoms. The maximum absolute atomic E-state index is 11.0. The Morgan fingerprint density at radius 2 is 2.08 bits per heavy atom. The lowest BCUT2D eigenvalue weighted by atomic mass is 10.00. The van der Waals surface area contributed by atoms with E-state index < -0.39 is 17.6 Å². The van der Waals surface area contributed by atoms with Crippen LogP contribution in [0.4, 0.5) is 4.79 Å². The highest BCUT2D eigenvalue weighted by atomic mass is 127. The van der Waals surface area contributed by atoms with E-state index in [1.807, 2.05) is 22.6 Å². The van der Waals surface area contributed by atoms with E-state index in [2.05, 4.69) is 0 Å². The molecule has 0 radical (unpaired) electrons. The minimum atomic E-state index is -1.19. The van der Waals surface area contributed by atoms with Crippen LogP contribution in [0.2, 0.25) is 0 Å². The number of alkyl halides is 1. The molecule has 0 saturated carbocycles. The van der Waals surface area contributed by atoms with Crippen molar-refractivity contribution in [2.24, 2.45) is 0 Å². The zero-order chi connectivity index (χ0) is 10.1. The van der Waals surface area contributed by atoms with Crippen molar-refractivity contribution in [2.45, 2.75) is 18.4 Å². The zero-order valence-electron chi connectivity index (χ0n) is 6.86. The van der Waals surface area contributed by atoms with Crippen LogP contribution in [0.15, 0.2) is 0 Å². The summed E-state index contributed by atoms with van der Waals surface area (Å²) in [5, 5.41) is 17.8. The molecule has 0 aromatic rings. The van der Waals surface area contributed by atoms with Crippen LogP contribution in [0.5, 0.6) is 0 Å². The summed E-state index contributed by atoms with van der Waals surface area (Å²) in [5.74, 6) is -1.04. The third kappa shape index (κ3) is 1.59. The molecule has 1 atom stereocenters. The largest absolute Gasteiger partial charge is 0.479 e. The highest BCUT2D eigenvalue weighted by molar-refractivity contribution is 14.1. The van der Waals surface area contributed by atoms with E-state index in [1.54, 1.807) is 0 Å². The molecule has 0 bridgehead atoms. The first kappa shape index (κ1) is 10.6. The van der Waals surface area contributed by atoms with Gasteiger partial charge >= 0.3 is 12.1 Å².